The number of fused-ring (bicyclic) bond motifs is 1. The maximum atomic E-state index is 11.8. The number of carbonyl (C=O) groups excluding carboxylic acids is 1. The first-order valence-electron chi connectivity index (χ1n) is 5.99. The molecule has 18 heavy (non-hydrogen) atoms. The molecular formula is C13H17N3O2. The molecule has 1 aromatic heterocycles. The molecule has 0 radical (unpaired) electrons. The Labute approximate surface area is 105 Å². The van der Waals surface area contributed by atoms with Crippen molar-refractivity contribution in [1.82, 2.24) is 15.6 Å². The fourth-order valence-corrected chi connectivity index (χ4v) is 1.76. The van der Waals surface area contributed by atoms with Gasteiger partial charge in [-0.25, -0.2) is 0 Å². The van der Waals surface area contributed by atoms with E-state index in [1.54, 1.807) is 0 Å². The first-order valence-corrected chi connectivity index (χ1v) is 5.99. The third-order valence-electron chi connectivity index (χ3n) is 2.65. The lowest BCUT2D eigenvalue weighted by Gasteiger charge is -2.04. The number of rotatable bonds is 6. The van der Waals surface area contributed by atoms with Gasteiger partial charge in [-0.2, -0.15) is 0 Å². The van der Waals surface area contributed by atoms with Crippen molar-refractivity contribution in [3.05, 3.63) is 36.0 Å². The predicted molar refractivity (Wildman–Crippen MR) is 70.6 cm³/mol. The summed E-state index contributed by atoms with van der Waals surface area (Å²) in [6, 6.07) is 9.61. The molecule has 2 rings (SSSR count). The number of hydrogen-bond donors (Lipinski definition) is 4. The average Bonchev–Trinajstić information content (AvgIpc) is 2.82. The number of carbonyl (C=O) groups is 1. The van der Waals surface area contributed by atoms with E-state index >= 15 is 0 Å². The number of amides is 1. The van der Waals surface area contributed by atoms with Gasteiger partial charge < -0.3 is 20.7 Å². The number of aromatic amines is 1. The van der Waals surface area contributed by atoms with Gasteiger partial charge in [-0.05, 0) is 12.1 Å². The summed E-state index contributed by atoms with van der Waals surface area (Å²) in [6.07, 6.45) is 0. The van der Waals surface area contributed by atoms with Crippen molar-refractivity contribution in [3.63, 3.8) is 0 Å². The second kappa shape index (κ2) is 6.18. The Morgan fingerprint density at radius 1 is 1.22 bits per heavy atom. The van der Waals surface area contributed by atoms with E-state index in [9.17, 15) is 4.79 Å². The first kappa shape index (κ1) is 12.6. The molecule has 1 heterocycles. The highest BCUT2D eigenvalue weighted by Crippen LogP contribution is 2.14. The van der Waals surface area contributed by atoms with Crippen LogP contribution in [0.15, 0.2) is 30.3 Å². The van der Waals surface area contributed by atoms with Crippen LogP contribution in [-0.2, 0) is 0 Å². The van der Waals surface area contributed by atoms with Gasteiger partial charge in [-0.15, -0.1) is 0 Å². The van der Waals surface area contributed by atoms with E-state index in [1.807, 2.05) is 30.3 Å². The standard InChI is InChI=1S/C13H17N3O2/c17-8-7-14-5-6-15-13(18)12-9-10-3-1-2-4-11(10)16-12/h1-4,9,14,16-17H,5-8H2,(H,15,18). The van der Waals surface area contributed by atoms with Crippen molar-refractivity contribution in [1.29, 1.82) is 0 Å². The van der Waals surface area contributed by atoms with Gasteiger partial charge in [0.25, 0.3) is 5.91 Å². The van der Waals surface area contributed by atoms with E-state index in [0.717, 1.165) is 10.9 Å². The zero-order chi connectivity index (χ0) is 12.8. The van der Waals surface area contributed by atoms with E-state index < -0.39 is 0 Å². The SMILES string of the molecule is O=C(NCCNCCO)c1cc2ccccc2[nH]1. The van der Waals surface area contributed by atoms with Crippen LogP contribution in [0.4, 0.5) is 0 Å². The number of nitrogens with one attached hydrogen (secondary N) is 3. The zero-order valence-electron chi connectivity index (χ0n) is 10.1. The third-order valence-corrected chi connectivity index (χ3v) is 2.65. The van der Waals surface area contributed by atoms with Gasteiger partial charge in [0.2, 0.25) is 0 Å². The van der Waals surface area contributed by atoms with Gasteiger partial charge in [0.1, 0.15) is 5.69 Å². The van der Waals surface area contributed by atoms with Crippen LogP contribution in [0.1, 0.15) is 10.5 Å². The summed E-state index contributed by atoms with van der Waals surface area (Å²) in [7, 11) is 0. The zero-order valence-corrected chi connectivity index (χ0v) is 10.1. The van der Waals surface area contributed by atoms with E-state index in [1.165, 1.54) is 0 Å². The van der Waals surface area contributed by atoms with Crippen molar-refractivity contribution in [2.24, 2.45) is 0 Å². The molecule has 0 bridgehead atoms. The summed E-state index contributed by atoms with van der Waals surface area (Å²) in [6.45, 7) is 1.83. The van der Waals surface area contributed by atoms with Crippen molar-refractivity contribution < 1.29 is 9.90 Å². The molecule has 0 atom stereocenters. The van der Waals surface area contributed by atoms with Crippen LogP contribution in [0.5, 0.6) is 0 Å². The molecule has 2 aromatic rings. The van der Waals surface area contributed by atoms with Gasteiger partial charge in [0.15, 0.2) is 0 Å². The number of aliphatic hydroxyl groups excluding tert-OH is 1. The van der Waals surface area contributed by atoms with Crippen LogP contribution in [-0.4, -0.2) is 42.2 Å². The Balaban J connectivity index is 1.88. The van der Waals surface area contributed by atoms with Crippen molar-refractivity contribution in [3.8, 4) is 0 Å². The minimum absolute atomic E-state index is 0.107. The van der Waals surface area contributed by atoms with Crippen LogP contribution in [0, 0.1) is 0 Å². The lowest BCUT2D eigenvalue weighted by atomic mass is 10.2. The third kappa shape index (κ3) is 3.09. The van der Waals surface area contributed by atoms with Gasteiger partial charge in [0, 0.05) is 30.5 Å². The van der Waals surface area contributed by atoms with E-state index in [-0.39, 0.29) is 12.5 Å². The minimum Gasteiger partial charge on any atom is -0.395 e. The van der Waals surface area contributed by atoms with Crippen molar-refractivity contribution >= 4 is 16.8 Å². The summed E-state index contributed by atoms with van der Waals surface area (Å²) in [5.74, 6) is -0.114. The van der Waals surface area contributed by atoms with Gasteiger partial charge in [-0.1, -0.05) is 18.2 Å². The Kier molecular flexibility index (Phi) is 4.33. The number of para-hydroxylation sites is 1. The Morgan fingerprint density at radius 3 is 2.83 bits per heavy atom. The largest absolute Gasteiger partial charge is 0.395 e. The molecule has 0 aliphatic rings. The van der Waals surface area contributed by atoms with Crippen LogP contribution in [0.3, 0.4) is 0 Å². The fraction of sp³-hybridized carbons (Fsp3) is 0.308. The Bertz CT molecular complexity index is 489. The van der Waals surface area contributed by atoms with Crippen LogP contribution < -0.4 is 10.6 Å². The summed E-state index contributed by atoms with van der Waals surface area (Å²) < 4.78 is 0. The van der Waals surface area contributed by atoms with E-state index in [0.29, 0.717) is 25.3 Å². The quantitative estimate of drug-likeness (QED) is 0.561. The molecule has 0 saturated carbocycles. The average molecular weight is 247 g/mol. The maximum Gasteiger partial charge on any atom is 0.267 e. The lowest BCUT2D eigenvalue weighted by molar-refractivity contribution is 0.0949. The van der Waals surface area contributed by atoms with Crippen LogP contribution in [0.25, 0.3) is 10.9 Å². The maximum absolute atomic E-state index is 11.8. The second-order valence-corrected chi connectivity index (χ2v) is 4.00. The lowest BCUT2D eigenvalue weighted by Crippen LogP contribution is -2.33. The Hall–Kier alpha value is -1.85. The van der Waals surface area contributed by atoms with Gasteiger partial charge in [-0.3, -0.25) is 4.79 Å². The molecule has 1 aromatic carbocycles. The smallest absolute Gasteiger partial charge is 0.267 e. The summed E-state index contributed by atoms with van der Waals surface area (Å²) >= 11 is 0. The summed E-state index contributed by atoms with van der Waals surface area (Å²) in [5, 5.41) is 15.4. The number of H-pyrrole nitrogens is 1. The number of benzene rings is 1. The van der Waals surface area contributed by atoms with Crippen molar-refractivity contribution in [2.45, 2.75) is 0 Å². The molecule has 0 unspecified atom stereocenters. The van der Waals surface area contributed by atoms with E-state index in [2.05, 4.69) is 15.6 Å². The second-order valence-electron chi connectivity index (χ2n) is 4.00. The van der Waals surface area contributed by atoms with Crippen molar-refractivity contribution in [2.75, 3.05) is 26.2 Å². The molecule has 0 saturated heterocycles. The van der Waals surface area contributed by atoms with Gasteiger partial charge in [0.05, 0.1) is 6.61 Å². The fourth-order valence-electron chi connectivity index (χ4n) is 1.76. The summed E-state index contributed by atoms with van der Waals surface area (Å²) in [4.78, 5) is 14.9. The topological polar surface area (TPSA) is 77.2 Å². The monoisotopic (exact) mass is 247 g/mol. The van der Waals surface area contributed by atoms with E-state index in [4.69, 9.17) is 5.11 Å². The number of hydrogen-bond acceptors (Lipinski definition) is 3. The first-order chi connectivity index (χ1) is 8.81. The van der Waals surface area contributed by atoms with Crippen LogP contribution >= 0.6 is 0 Å². The molecule has 0 spiro atoms. The predicted octanol–water partition coefficient (Wildman–Crippen LogP) is 0.480. The summed E-state index contributed by atoms with van der Waals surface area (Å²) in [5.41, 5.74) is 1.53. The number of aromatic nitrogens is 1. The molecule has 1 amide bonds. The molecule has 96 valence electrons. The van der Waals surface area contributed by atoms with Gasteiger partial charge >= 0.3 is 0 Å². The minimum atomic E-state index is -0.114. The molecule has 4 N–H and O–H groups in total. The normalized spacial score (nSPS) is 10.7. The Morgan fingerprint density at radius 2 is 2.06 bits per heavy atom. The molecule has 0 fully saturated rings. The highest BCUT2D eigenvalue weighted by atomic mass is 16.3. The highest BCUT2D eigenvalue weighted by molar-refractivity contribution is 5.97. The molecule has 5 heteroatoms. The molecule has 0 aliphatic carbocycles. The highest BCUT2D eigenvalue weighted by Gasteiger charge is 2.07. The molecule has 0 aliphatic heterocycles. The number of aliphatic hydroxyl groups is 1. The molecule has 5 nitrogen and oxygen atoms in total. The molecular weight excluding hydrogens is 230 g/mol. The van der Waals surface area contributed by atoms with Crippen LogP contribution in [0.2, 0.25) is 0 Å².